The third-order valence-electron chi connectivity index (χ3n) is 3.02. The van der Waals surface area contributed by atoms with Crippen molar-refractivity contribution in [1.82, 2.24) is 0 Å². The van der Waals surface area contributed by atoms with Gasteiger partial charge in [-0.15, -0.1) is 0 Å². The maximum atomic E-state index is 12.3. The molecule has 0 saturated carbocycles. The molecule has 0 aromatic heterocycles. The second-order valence-electron chi connectivity index (χ2n) is 4.70. The predicted octanol–water partition coefficient (Wildman–Crippen LogP) is 3.15. The van der Waals surface area contributed by atoms with Crippen molar-refractivity contribution in [2.24, 2.45) is 5.84 Å². The Hall–Kier alpha value is -1.57. The fourth-order valence-corrected chi connectivity index (χ4v) is 3.22. The van der Waals surface area contributed by atoms with Crippen molar-refractivity contribution in [2.75, 3.05) is 10.1 Å². The number of anilines is 2. The summed E-state index contributed by atoms with van der Waals surface area (Å²) in [6.07, 6.45) is 0. The van der Waals surface area contributed by atoms with Crippen LogP contribution in [0.15, 0.2) is 45.8 Å². The number of halogens is 1. The van der Waals surface area contributed by atoms with E-state index in [0.717, 1.165) is 15.6 Å². The van der Waals surface area contributed by atoms with Gasteiger partial charge in [-0.1, -0.05) is 15.9 Å². The van der Waals surface area contributed by atoms with Gasteiger partial charge >= 0.3 is 0 Å². The van der Waals surface area contributed by atoms with Crippen molar-refractivity contribution in [3.8, 4) is 0 Å². The highest BCUT2D eigenvalue weighted by Gasteiger charge is 2.15. The summed E-state index contributed by atoms with van der Waals surface area (Å²) in [6, 6.07) is 9.76. The minimum absolute atomic E-state index is 0.180. The van der Waals surface area contributed by atoms with E-state index in [-0.39, 0.29) is 4.90 Å². The van der Waals surface area contributed by atoms with Gasteiger partial charge in [0.25, 0.3) is 10.0 Å². The summed E-state index contributed by atoms with van der Waals surface area (Å²) >= 11 is 3.46. The molecule has 4 N–H and O–H groups in total. The van der Waals surface area contributed by atoms with E-state index in [1.165, 1.54) is 12.1 Å². The third kappa shape index (κ3) is 3.55. The van der Waals surface area contributed by atoms with Crippen LogP contribution in [0.1, 0.15) is 11.1 Å². The molecular formula is C14H16BrN3O2S. The van der Waals surface area contributed by atoms with Crippen LogP contribution in [-0.2, 0) is 10.0 Å². The zero-order chi connectivity index (χ0) is 15.6. The first-order chi connectivity index (χ1) is 9.83. The van der Waals surface area contributed by atoms with Gasteiger partial charge in [-0.2, -0.15) is 0 Å². The number of hydrogen-bond acceptors (Lipinski definition) is 4. The van der Waals surface area contributed by atoms with Gasteiger partial charge in [0.2, 0.25) is 0 Å². The smallest absolute Gasteiger partial charge is 0.261 e. The quantitative estimate of drug-likeness (QED) is 0.570. The van der Waals surface area contributed by atoms with Gasteiger partial charge < -0.3 is 5.43 Å². The van der Waals surface area contributed by atoms with Crippen LogP contribution < -0.4 is 16.0 Å². The van der Waals surface area contributed by atoms with Crippen LogP contribution in [0.4, 0.5) is 11.4 Å². The van der Waals surface area contributed by atoms with Crippen LogP contribution in [0, 0.1) is 13.8 Å². The van der Waals surface area contributed by atoms with Gasteiger partial charge in [0, 0.05) is 15.8 Å². The van der Waals surface area contributed by atoms with Gasteiger partial charge in [0.15, 0.2) is 0 Å². The van der Waals surface area contributed by atoms with E-state index in [0.29, 0.717) is 11.4 Å². The second-order valence-corrected chi connectivity index (χ2v) is 7.17. The van der Waals surface area contributed by atoms with Crippen LogP contribution in [-0.4, -0.2) is 8.42 Å². The number of nitrogens with one attached hydrogen (secondary N) is 2. The average Bonchev–Trinajstić information content (AvgIpc) is 2.44. The summed E-state index contributed by atoms with van der Waals surface area (Å²) in [7, 11) is -3.62. The molecule has 112 valence electrons. The molecule has 7 heteroatoms. The zero-order valence-corrected chi connectivity index (χ0v) is 14.0. The Morgan fingerprint density at radius 2 is 1.52 bits per heavy atom. The van der Waals surface area contributed by atoms with Gasteiger partial charge in [0.1, 0.15) is 0 Å². The van der Waals surface area contributed by atoms with E-state index in [4.69, 9.17) is 5.84 Å². The number of rotatable bonds is 4. The van der Waals surface area contributed by atoms with E-state index < -0.39 is 10.0 Å². The lowest BCUT2D eigenvalue weighted by molar-refractivity contribution is 0.601. The maximum Gasteiger partial charge on any atom is 0.261 e. The molecule has 0 radical (unpaired) electrons. The Morgan fingerprint density at radius 1 is 1.00 bits per heavy atom. The molecule has 2 aromatic rings. The van der Waals surface area contributed by atoms with Gasteiger partial charge in [0.05, 0.1) is 4.90 Å². The van der Waals surface area contributed by atoms with Crippen LogP contribution in [0.2, 0.25) is 0 Å². The first-order valence-electron chi connectivity index (χ1n) is 6.20. The molecule has 0 saturated heterocycles. The highest BCUT2D eigenvalue weighted by molar-refractivity contribution is 9.10. The molecule has 2 aromatic carbocycles. The summed E-state index contributed by atoms with van der Waals surface area (Å²) in [6.45, 7) is 3.83. The van der Waals surface area contributed by atoms with Crippen molar-refractivity contribution in [3.63, 3.8) is 0 Å². The lowest BCUT2D eigenvalue weighted by Crippen LogP contribution is -2.13. The molecule has 0 bridgehead atoms. The van der Waals surface area contributed by atoms with Crippen molar-refractivity contribution < 1.29 is 8.42 Å². The SMILES string of the molecule is Cc1cc(NS(=O)(=O)c2ccc(NN)cc2)cc(C)c1Br. The Bertz CT molecular complexity index is 735. The Balaban J connectivity index is 2.32. The number of hydrazine groups is 1. The van der Waals surface area contributed by atoms with E-state index >= 15 is 0 Å². The largest absolute Gasteiger partial charge is 0.324 e. The number of benzene rings is 2. The Morgan fingerprint density at radius 3 is 2.00 bits per heavy atom. The molecule has 0 unspecified atom stereocenters. The summed E-state index contributed by atoms with van der Waals surface area (Å²) in [5.74, 6) is 5.26. The molecule has 0 fully saturated rings. The van der Waals surface area contributed by atoms with Crippen molar-refractivity contribution in [3.05, 3.63) is 52.0 Å². The topological polar surface area (TPSA) is 84.2 Å². The maximum absolute atomic E-state index is 12.3. The summed E-state index contributed by atoms with van der Waals surface area (Å²) in [5.41, 5.74) is 5.57. The second kappa shape index (κ2) is 6.05. The van der Waals surface area contributed by atoms with Crippen LogP contribution in [0.5, 0.6) is 0 Å². The highest BCUT2D eigenvalue weighted by atomic mass is 79.9. The van der Waals surface area contributed by atoms with Gasteiger partial charge in [-0.3, -0.25) is 10.6 Å². The van der Waals surface area contributed by atoms with Crippen LogP contribution in [0.25, 0.3) is 0 Å². The molecule has 0 atom stereocenters. The Labute approximate surface area is 132 Å². The standard InChI is InChI=1S/C14H16BrN3O2S/c1-9-7-12(8-10(2)14(9)15)18-21(19,20)13-5-3-11(17-16)4-6-13/h3-8,17-18H,16H2,1-2H3. The van der Waals surface area contributed by atoms with E-state index in [1.807, 2.05) is 13.8 Å². The number of nitrogens with two attached hydrogens (primary N) is 1. The van der Waals surface area contributed by atoms with Gasteiger partial charge in [-0.25, -0.2) is 8.42 Å². The predicted molar refractivity (Wildman–Crippen MR) is 88.7 cm³/mol. The minimum atomic E-state index is -3.62. The van der Waals surface area contributed by atoms with Crippen molar-refractivity contribution in [2.45, 2.75) is 18.7 Å². The molecule has 0 heterocycles. The number of hydrogen-bond donors (Lipinski definition) is 3. The molecule has 0 amide bonds. The number of sulfonamides is 1. The zero-order valence-electron chi connectivity index (χ0n) is 11.6. The molecular weight excluding hydrogens is 354 g/mol. The molecule has 0 aliphatic carbocycles. The first-order valence-corrected chi connectivity index (χ1v) is 8.47. The molecule has 0 aliphatic rings. The van der Waals surface area contributed by atoms with E-state index in [9.17, 15) is 8.42 Å². The monoisotopic (exact) mass is 369 g/mol. The van der Waals surface area contributed by atoms with Crippen molar-refractivity contribution >= 4 is 37.3 Å². The van der Waals surface area contributed by atoms with Crippen molar-refractivity contribution in [1.29, 1.82) is 0 Å². The fourth-order valence-electron chi connectivity index (χ4n) is 1.95. The number of aryl methyl sites for hydroxylation is 2. The lowest BCUT2D eigenvalue weighted by atomic mass is 10.1. The Kier molecular flexibility index (Phi) is 4.55. The molecule has 0 spiro atoms. The van der Waals surface area contributed by atoms with Gasteiger partial charge in [-0.05, 0) is 61.4 Å². The molecule has 21 heavy (non-hydrogen) atoms. The van der Waals surface area contributed by atoms with E-state index in [2.05, 4.69) is 26.1 Å². The number of nitrogen functional groups attached to an aromatic ring is 1. The lowest BCUT2D eigenvalue weighted by Gasteiger charge is -2.11. The molecule has 2 rings (SSSR count). The van der Waals surface area contributed by atoms with E-state index in [1.54, 1.807) is 24.3 Å². The summed E-state index contributed by atoms with van der Waals surface area (Å²) < 4.78 is 28.2. The molecule has 5 nitrogen and oxygen atoms in total. The first kappa shape index (κ1) is 15.8. The minimum Gasteiger partial charge on any atom is -0.324 e. The molecule has 0 aliphatic heterocycles. The fraction of sp³-hybridized carbons (Fsp3) is 0.143. The van der Waals surface area contributed by atoms with Crippen LogP contribution >= 0.6 is 15.9 Å². The normalized spacial score (nSPS) is 11.2. The third-order valence-corrected chi connectivity index (χ3v) is 5.67. The summed E-state index contributed by atoms with van der Waals surface area (Å²) in [5, 5.41) is 0. The highest BCUT2D eigenvalue weighted by Crippen LogP contribution is 2.26. The summed E-state index contributed by atoms with van der Waals surface area (Å²) in [4.78, 5) is 0.180. The van der Waals surface area contributed by atoms with Crippen LogP contribution in [0.3, 0.4) is 0 Å². The average molecular weight is 370 g/mol.